The first-order valence-electron chi connectivity index (χ1n) is 6.69. The average molecular weight is 264 g/mol. The first-order valence-corrected chi connectivity index (χ1v) is 7.57. The fourth-order valence-electron chi connectivity index (χ4n) is 3.15. The Morgan fingerprint density at radius 1 is 1.56 bits per heavy atom. The van der Waals surface area contributed by atoms with Crippen LogP contribution < -0.4 is 5.32 Å². The summed E-state index contributed by atoms with van der Waals surface area (Å²) in [5.74, 6) is 0.648. The second-order valence-corrected chi connectivity index (χ2v) is 6.67. The number of amides is 1. The molecule has 2 fully saturated rings. The van der Waals surface area contributed by atoms with Crippen molar-refractivity contribution in [2.24, 2.45) is 11.3 Å². The van der Waals surface area contributed by atoms with Crippen LogP contribution in [0.3, 0.4) is 0 Å². The molecule has 3 nitrogen and oxygen atoms in total. The van der Waals surface area contributed by atoms with Crippen molar-refractivity contribution in [3.8, 4) is 0 Å². The number of nitrogens with zero attached hydrogens (tertiary/aromatic N) is 1. The van der Waals surface area contributed by atoms with Crippen LogP contribution in [0.15, 0.2) is 17.5 Å². The fraction of sp³-hybridized carbons (Fsp3) is 0.643. The van der Waals surface area contributed by atoms with E-state index in [0.717, 1.165) is 26.1 Å². The Bertz CT molecular complexity index is 423. The standard InChI is InChI=1S/C14H20N2OS/c1-16(10-11-3-2-8-18-11)13(17)12-9-14(12)4-6-15-7-5-14/h2-3,8,12,15H,4-7,9-10H2,1H3. The van der Waals surface area contributed by atoms with Gasteiger partial charge in [-0.15, -0.1) is 11.3 Å². The predicted molar refractivity (Wildman–Crippen MR) is 73.4 cm³/mol. The number of carbonyl (C=O) groups is 1. The first kappa shape index (κ1) is 12.2. The van der Waals surface area contributed by atoms with Crippen molar-refractivity contribution >= 4 is 17.2 Å². The average Bonchev–Trinajstić information content (AvgIpc) is 2.84. The minimum absolute atomic E-state index is 0.296. The van der Waals surface area contributed by atoms with Crippen LogP contribution in [0, 0.1) is 11.3 Å². The lowest BCUT2D eigenvalue weighted by molar-refractivity contribution is -0.132. The van der Waals surface area contributed by atoms with Gasteiger partial charge in [-0.25, -0.2) is 0 Å². The van der Waals surface area contributed by atoms with Crippen LogP contribution >= 0.6 is 11.3 Å². The molecule has 2 heterocycles. The van der Waals surface area contributed by atoms with E-state index in [9.17, 15) is 4.79 Å². The third-order valence-electron chi connectivity index (χ3n) is 4.44. The highest BCUT2D eigenvalue weighted by Gasteiger charge is 2.58. The van der Waals surface area contributed by atoms with E-state index in [1.165, 1.54) is 17.7 Å². The SMILES string of the molecule is CN(Cc1cccs1)C(=O)C1CC12CCNCC2. The zero-order valence-corrected chi connectivity index (χ0v) is 11.6. The van der Waals surface area contributed by atoms with E-state index >= 15 is 0 Å². The third kappa shape index (κ3) is 2.19. The number of hydrogen-bond donors (Lipinski definition) is 1. The number of rotatable bonds is 3. The summed E-state index contributed by atoms with van der Waals surface area (Å²) in [7, 11) is 1.94. The number of hydrogen-bond acceptors (Lipinski definition) is 3. The van der Waals surface area contributed by atoms with Crippen LogP contribution in [-0.4, -0.2) is 30.9 Å². The molecule has 1 amide bonds. The number of piperidine rings is 1. The Labute approximate surface area is 112 Å². The summed E-state index contributed by atoms with van der Waals surface area (Å²) in [5, 5.41) is 5.45. The van der Waals surface area contributed by atoms with Gasteiger partial charge in [0.05, 0.1) is 6.54 Å². The van der Waals surface area contributed by atoms with Crippen LogP contribution in [0.1, 0.15) is 24.1 Å². The molecule has 1 aromatic heterocycles. The monoisotopic (exact) mass is 264 g/mol. The maximum absolute atomic E-state index is 12.4. The quantitative estimate of drug-likeness (QED) is 0.906. The lowest BCUT2D eigenvalue weighted by Crippen LogP contribution is -2.34. The smallest absolute Gasteiger partial charge is 0.226 e. The molecular weight excluding hydrogens is 244 g/mol. The van der Waals surface area contributed by atoms with Gasteiger partial charge in [0.15, 0.2) is 0 Å². The Morgan fingerprint density at radius 2 is 2.33 bits per heavy atom. The van der Waals surface area contributed by atoms with Gasteiger partial charge in [-0.1, -0.05) is 6.07 Å². The van der Waals surface area contributed by atoms with E-state index in [-0.39, 0.29) is 0 Å². The van der Waals surface area contributed by atoms with Gasteiger partial charge in [-0.3, -0.25) is 4.79 Å². The van der Waals surface area contributed by atoms with Gasteiger partial charge < -0.3 is 10.2 Å². The molecule has 1 saturated carbocycles. The lowest BCUT2D eigenvalue weighted by Gasteiger charge is -2.25. The van der Waals surface area contributed by atoms with Crippen molar-refractivity contribution in [3.63, 3.8) is 0 Å². The summed E-state index contributed by atoms with van der Waals surface area (Å²) in [6.45, 7) is 2.93. The minimum Gasteiger partial charge on any atom is -0.340 e. The predicted octanol–water partition coefficient (Wildman–Crippen LogP) is 2.10. The Kier molecular flexibility index (Phi) is 3.16. The highest BCUT2D eigenvalue weighted by Crippen LogP contribution is 2.59. The van der Waals surface area contributed by atoms with Crippen molar-refractivity contribution in [2.75, 3.05) is 20.1 Å². The van der Waals surface area contributed by atoms with Crippen molar-refractivity contribution in [1.29, 1.82) is 0 Å². The molecule has 3 rings (SSSR count). The zero-order chi connectivity index (χ0) is 12.6. The topological polar surface area (TPSA) is 32.3 Å². The molecule has 1 saturated heterocycles. The van der Waals surface area contributed by atoms with Gasteiger partial charge in [-0.2, -0.15) is 0 Å². The normalized spacial score (nSPS) is 25.1. The highest BCUT2D eigenvalue weighted by atomic mass is 32.1. The van der Waals surface area contributed by atoms with Crippen molar-refractivity contribution < 1.29 is 4.79 Å². The first-order chi connectivity index (χ1) is 8.71. The Morgan fingerprint density at radius 3 is 3.00 bits per heavy atom. The second kappa shape index (κ2) is 4.67. The maximum Gasteiger partial charge on any atom is 0.226 e. The number of thiophene rings is 1. The molecule has 18 heavy (non-hydrogen) atoms. The van der Waals surface area contributed by atoms with Gasteiger partial charge >= 0.3 is 0 Å². The van der Waals surface area contributed by atoms with E-state index in [0.29, 0.717) is 17.2 Å². The van der Waals surface area contributed by atoms with Crippen LogP contribution in [-0.2, 0) is 11.3 Å². The van der Waals surface area contributed by atoms with Gasteiger partial charge in [0.25, 0.3) is 0 Å². The molecule has 1 aliphatic carbocycles. The second-order valence-electron chi connectivity index (χ2n) is 5.64. The molecule has 1 N–H and O–H groups in total. The molecule has 1 unspecified atom stereocenters. The van der Waals surface area contributed by atoms with E-state index < -0.39 is 0 Å². The van der Waals surface area contributed by atoms with Crippen molar-refractivity contribution in [3.05, 3.63) is 22.4 Å². The van der Waals surface area contributed by atoms with E-state index in [1.54, 1.807) is 11.3 Å². The summed E-state index contributed by atoms with van der Waals surface area (Å²) in [4.78, 5) is 15.6. The Balaban J connectivity index is 1.58. The maximum atomic E-state index is 12.4. The highest BCUT2D eigenvalue weighted by molar-refractivity contribution is 7.09. The molecule has 0 bridgehead atoms. The molecule has 1 atom stereocenters. The molecule has 1 aromatic rings. The molecular formula is C14H20N2OS. The summed E-state index contributed by atoms with van der Waals surface area (Å²) in [6.07, 6.45) is 3.47. The molecule has 4 heteroatoms. The molecule has 98 valence electrons. The molecule has 1 aliphatic heterocycles. The summed E-state index contributed by atoms with van der Waals surface area (Å²) < 4.78 is 0. The van der Waals surface area contributed by atoms with Crippen LogP contribution in [0.5, 0.6) is 0 Å². The number of nitrogens with one attached hydrogen (secondary N) is 1. The number of carbonyl (C=O) groups excluding carboxylic acids is 1. The van der Waals surface area contributed by atoms with Crippen LogP contribution in [0.4, 0.5) is 0 Å². The largest absolute Gasteiger partial charge is 0.340 e. The van der Waals surface area contributed by atoms with Gasteiger partial charge in [0, 0.05) is 17.8 Å². The molecule has 0 aromatic carbocycles. The summed E-state index contributed by atoms with van der Waals surface area (Å²) in [5.41, 5.74) is 0.353. The summed E-state index contributed by atoms with van der Waals surface area (Å²) in [6, 6.07) is 4.14. The molecule has 2 aliphatic rings. The molecule has 0 radical (unpaired) electrons. The minimum atomic E-state index is 0.296. The van der Waals surface area contributed by atoms with Gasteiger partial charge in [0.1, 0.15) is 0 Å². The zero-order valence-electron chi connectivity index (χ0n) is 10.8. The van der Waals surface area contributed by atoms with E-state index in [4.69, 9.17) is 0 Å². The van der Waals surface area contributed by atoms with Crippen molar-refractivity contribution in [1.82, 2.24) is 10.2 Å². The van der Waals surface area contributed by atoms with Gasteiger partial charge in [-0.05, 0) is 49.2 Å². The van der Waals surface area contributed by atoms with Gasteiger partial charge in [0.2, 0.25) is 5.91 Å². The molecule has 1 spiro atoms. The third-order valence-corrected chi connectivity index (χ3v) is 5.30. The lowest BCUT2D eigenvalue weighted by atomic mass is 9.91. The summed E-state index contributed by atoms with van der Waals surface area (Å²) >= 11 is 1.72. The van der Waals surface area contributed by atoms with Crippen LogP contribution in [0.25, 0.3) is 0 Å². The Hall–Kier alpha value is -0.870. The fourth-order valence-corrected chi connectivity index (χ4v) is 3.91. The van der Waals surface area contributed by atoms with Crippen LogP contribution in [0.2, 0.25) is 0 Å². The van der Waals surface area contributed by atoms with Crippen molar-refractivity contribution in [2.45, 2.75) is 25.8 Å². The van der Waals surface area contributed by atoms with E-state index in [1.807, 2.05) is 18.0 Å². The van der Waals surface area contributed by atoms with E-state index in [2.05, 4.69) is 16.8 Å².